The largest absolute Gasteiger partial charge is 0.342 e. The molecule has 5 nitrogen and oxygen atoms in total. The van der Waals surface area contributed by atoms with Gasteiger partial charge in [-0.15, -0.1) is 0 Å². The average molecular weight is 287 g/mol. The van der Waals surface area contributed by atoms with Gasteiger partial charge in [-0.1, -0.05) is 18.2 Å². The Bertz CT molecular complexity index is 550. The van der Waals surface area contributed by atoms with E-state index < -0.39 is 0 Å². The molecule has 1 aromatic carbocycles. The second kappa shape index (κ2) is 5.85. The molecule has 1 saturated heterocycles. The molecule has 2 aliphatic heterocycles. The van der Waals surface area contributed by atoms with Gasteiger partial charge in [0.15, 0.2) is 0 Å². The first-order valence-electron chi connectivity index (χ1n) is 7.54. The van der Waals surface area contributed by atoms with Gasteiger partial charge in [-0.25, -0.2) is 0 Å². The van der Waals surface area contributed by atoms with Crippen LogP contribution in [0.15, 0.2) is 24.3 Å². The van der Waals surface area contributed by atoms with E-state index in [1.165, 1.54) is 0 Å². The third-order valence-corrected chi connectivity index (χ3v) is 4.51. The predicted molar refractivity (Wildman–Crippen MR) is 81.1 cm³/mol. The molecule has 0 saturated carbocycles. The second-order valence-corrected chi connectivity index (χ2v) is 5.78. The van der Waals surface area contributed by atoms with Gasteiger partial charge in [0.1, 0.15) is 0 Å². The molecular weight excluding hydrogens is 266 g/mol. The molecule has 2 heterocycles. The fourth-order valence-corrected chi connectivity index (χ4v) is 3.24. The van der Waals surface area contributed by atoms with Crippen LogP contribution in [0.25, 0.3) is 0 Å². The lowest BCUT2D eigenvalue weighted by molar-refractivity contribution is -0.136. The van der Waals surface area contributed by atoms with Gasteiger partial charge in [-0.2, -0.15) is 0 Å². The molecule has 1 aromatic rings. The van der Waals surface area contributed by atoms with Crippen molar-refractivity contribution < 1.29 is 9.59 Å². The van der Waals surface area contributed by atoms with E-state index in [4.69, 9.17) is 0 Å². The summed E-state index contributed by atoms with van der Waals surface area (Å²) in [4.78, 5) is 26.5. The maximum absolute atomic E-state index is 12.8. The van der Waals surface area contributed by atoms with Gasteiger partial charge in [0.05, 0.1) is 5.92 Å². The zero-order chi connectivity index (χ0) is 14.8. The number of hydrogen-bond acceptors (Lipinski definition) is 3. The monoisotopic (exact) mass is 287 g/mol. The van der Waals surface area contributed by atoms with Crippen LogP contribution in [0.3, 0.4) is 0 Å². The van der Waals surface area contributed by atoms with Crippen molar-refractivity contribution in [2.75, 3.05) is 25.5 Å². The van der Waals surface area contributed by atoms with E-state index in [-0.39, 0.29) is 24.2 Å². The number of nitrogens with zero attached hydrogens (tertiary/aromatic N) is 1. The molecule has 2 aliphatic rings. The molecule has 2 amide bonds. The highest BCUT2D eigenvalue weighted by Crippen LogP contribution is 2.33. The molecule has 0 aromatic heterocycles. The number of piperidine rings is 1. The topological polar surface area (TPSA) is 61.4 Å². The molecule has 1 unspecified atom stereocenters. The molecule has 0 bridgehead atoms. The van der Waals surface area contributed by atoms with Crippen molar-refractivity contribution in [2.45, 2.75) is 31.2 Å². The molecule has 2 N–H and O–H groups in total. The van der Waals surface area contributed by atoms with E-state index in [2.05, 4.69) is 10.6 Å². The van der Waals surface area contributed by atoms with Crippen LogP contribution in [0.2, 0.25) is 0 Å². The van der Waals surface area contributed by atoms with Crippen molar-refractivity contribution in [3.63, 3.8) is 0 Å². The number of para-hydroxylation sites is 1. The highest BCUT2D eigenvalue weighted by molar-refractivity contribution is 6.01. The molecule has 3 rings (SSSR count). The van der Waals surface area contributed by atoms with Gasteiger partial charge >= 0.3 is 0 Å². The van der Waals surface area contributed by atoms with Crippen LogP contribution in [-0.4, -0.2) is 42.9 Å². The summed E-state index contributed by atoms with van der Waals surface area (Å²) in [6.07, 6.45) is 2.20. The fourth-order valence-electron chi connectivity index (χ4n) is 3.24. The Kier molecular flexibility index (Phi) is 3.92. The number of benzene rings is 1. The maximum Gasteiger partial charge on any atom is 0.230 e. The van der Waals surface area contributed by atoms with Crippen molar-refractivity contribution in [3.05, 3.63) is 29.8 Å². The molecule has 0 spiro atoms. The Balaban J connectivity index is 1.77. The third kappa shape index (κ3) is 2.78. The van der Waals surface area contributed by atoms with Crippen LogP contribution in [0.4, 0.5) is 5.69 Å². The van der Waals surface area contributed by atoms with Crippen molar-refractivity contribution in [1.29, 1.82) is 0 Å². The summed E-state index contributed by atoms with van der Waals surface area (Å²) in [7, 11) is 1.96. The van der Waals surface area contributed by atoms with Gasteiger partial charge in [0, 0.05) is 31.2 Å². The van der Waals surface area contributed by atoms with Crippen molar-refractivity contribution in [1.82, 2.24) is 10.2 Å². The van der Waals surface area contributed by atoms with Crippen molar-refractivity contribution in [2.24, 2.45) is 0 Å². The van der Waals surface area contributed by atoms with E-state index in [1.807, 2.05) is 36.2 Å². The Morgan fingerprint density at radius 2 is 2.00 bits per heavy atom. The summed E-state index contributed by atoms with van der Waals surface area (Å²) in [6, 6.07) is 8.10. The minimum absolute atomic E-state index is 0.0721. The van der Waals surface area contributed by atoms with E-state index in [1.54, 1.807) is 0 Å². The molecule has 0 aliphatic carbocycles. The summed E-state index contributed by atoms with van der Waals surface area (Å²) in [5.41, 5.74) is 1.72. The van der Waals surface area contributed by atoms with Crippen LogP contribution >= 0.6 is 0 Å². The number of hydrogen-bond donors (Lipinski definition) is 2. The highest BCUT2D eigenvalue weighted by Gasteiger charge is 2.34. The van der Waals surface area contributed by atoms with Crippen LogP contribution in [-0.2, 0) is 9.59 Å². The van der Waals surface area contributed by atoms with Gasteiger partial charge < -0.3 is 15.5 Å². The quantitative estimate of drug-likeness (QED) is 0.862. The number of fused-ring (bicyclic) bond motifs is 1. The van der Waals surface area contributed by atoms with Crippen molar-refractivity contribution >= 4 is 17.5 Å². The number of anilines is 1. The summed E-state index contributed by atoms with van der Waals surface area (Å²) in [5.74, 6) is -0.315. The van der Waals surface area contributed by atoms with E-state index in [9.17, 15) is 9.59 Å². The zero-order valence-electron chi connectivity index (χ0n) is 12.3. The summed E-state index contributed by atoms with van der Waals surface area (Å²) < 4.78 is 0. The van der Waals surface area contributed by atoms with Crippen LogP contribution < -0.4 is 10.6 Å². The fraction of sp³-hybridized carbons (Fsp3) is 0.500. The maximum atomic E-state index is 12.8. The van der Waals surface area contributed by atoms with Gasteiger partial charge in [0.2, 0.25) is 11.8 Å². The minimum Gasteiger partial charge on any atom is -0.342 e. The molecule has 0 radical (unpaired) electrons. The number of carbonyl (C=O) groups is 2. The smallest absolute Gasteiger partial charge is 0.230 e. The van der Waals surface area contributed by atoms with E-state index in [0.29, 0.717) is 6.04 Å². The van der Waals surface area contributed by atoms with Gasteiger partial charge in [0.25, 0.3) is 0 Å². The Labute approximate surface area is 124 Å². The number of rotatable bonds is 2. The third-order valence-electron chi connectivity index (χ3n) is 4.51. The minimum atomic E-state index is -0.332. The number of nitrogens with one attached hydrogen (secondary N) is 2. The Morgan fingerprint density at radius 1 is 1.29 bits per heavy atom. The Hall–Kier alpha value is -1.88. The summed E-state index contributed by atoms with van der Waals surface area (Å²) in [5, 5.41) is 6.11. The first kappa shape index (κ1) is 14.1. The normalized spacial score (nSPS) is 22.6. The molecular formula is C16H21N3O2. The molecule has 5 heteroatoms. The van der Waals surface area contributed by atoms with E-state index in [0.717, 1.165) is 37.2 Å². The zero-order valence-corrected chi connectivity index (χ0v) is 12.3. The lowest BCUT2D eigenvalue weighted by Gasteiger charge is -2.35. The number of amides is 2. The standard InChI is InChI=1S/C16H21N3O2/c1-17-11-6-8-19(9-7-11)16(21)13-10-15(20)18-14-5-3-2-4-12(13)14/h2-5,11,13,17H,6-10H2,1H3,(H,18,20). The number of likely N-dealkylation sites (tertiary alicyclic amines) is 1. The summed E-state index contributed by atoms with van der Waals surface area (Å²) >= 11 is 0. The average Bonchev–Trinajstić information content (AvgIpc) is 2.53. The number of carbonyl (C=O) groups excluding carboxylic acids is 2. The first-order valence-corrected chi connectivity index (χ1v) is 7.54. The molecule has 1 fully saturated rings. The lowest BCUT2D eigenvalue weighted by atomic mass is 9.88. The predicted octanol–water partition coefficient (Wildman–Crippen LogP) is 1.32. The molecule has 1 atom stereocenters. The van der Waals surface area contributed by atoms with Crippen molar-refractivity contribution in [3.8, 4) is 0 Å². The van der Waals surface area contributed by atoms with Crippen LogP contribution in [0.1, 0.15) is 30.7 Å². The lowest BCUT2D eigenvalue weighted by Crippen LogP contribution is -2.46. The molecule has 112 valence electrons. The Morgan fingerprint density at radius 3 is 2.71 bits per heavy atom. The van der Waals surface area contributed by atoms with E-state index >= 15 is 0 Å². The molecule has 21 heavy (non-hydrogen) atoms. The highest BCUT2D eigenvalue weighted by atomic mass is 16.2. The first-order chi connectivity index (χ1) is 10.2. The van der Waals surface area contributed by atoms with Gasteiger partial charge in [-0.3, -0.25) is 9.59 Å². The van der Waals surface area contributed by atoms with Crippen LogP contribution in [0.5, 0.6) is 0 Å². The van der Waals surface area contributed by atoms with Crippen LogP contribution in [0, 0.1) is 0 Å². The summed E-state index contributed by atoms with van der Waals surface area (Å²) in [6.45, 7) is 1.54. The van der Waals surface area contributed by atoms with Gasteiger partial charge in [-0.05, 0) is 31.5 Å². The second-order valence-electron chi connectivity index (χ2n) is 5.78. The SMILES string of the molecule is CNC1CCN(C(=O)C2CC(=O)Nc3ccccc32)CC1.